The monoisotopic (exact) mass is 326 g/mol. The summed E-state index contributed by atoms with van der Waals surface area (Å²) in [6.07, 6.45) is -3.86. The molecule has 0 fully saturated rings. The summed E-state index contributed by atoms with van der Waals surface area (Å²) in [5, 5.41) is 26.9. The van der Waals surface area contributed by atoms with Crippen LogP contribution in [-0.4, -0.2) is 40.3 Å². The fraction of sp³-hybridized carbons (Fsp3) is 0.100. The van der Waals surface area contributed by atoms with E-state index < -0.39 is 16.9 Å². The molecule has 3 aromatic rings. The molecule has 0 saturated carbocycles. The van der Waals surface area contributed by atoms with E-state index in [4.69, 9.17) is 0 Å². The van der Waals surface area contributed by atoms with Gasteiger partial charge in [0.2, 0.25) is 0 Å². The van der Waals surface area contributed by atoms with Gasteiger partial charge in [0.15, 0.2) is 5.82 Å². The molecule has 0 amide bonds. The topological polar surface area (TPSA) is 128 Å². The highest BCUT2D eigenvalue weighted by molar-refractivity contribution is 5.69. The molecule has 1 aromatic carbocycles. The van der Waals surface area contributed by atoms with Gasteiger partial charge in [0.05, 0.1) is 16.2 Å². The molecule has 0 radical (unpaired) electrons. The molecule has 0 spiro atoms. The Morgan fingerprint density at radius 3 is 2.65 bits per heavy atom. The van der Waals surface area contributed by atoms with Gasteiger partial charge in [-0.3, -0.25) is 10.1 Å². The van der Waals surface area contributed by atoms with E-state index in [2.05, 4.69) is 30.7 Å². The second-order valence-corrected chi connectivity index (χ2v) is 4.22. The molecule has 0 aliphatic rings. The van der Waals surface area contributed by atoms with E-state index in [0.717, 1.165) is 23.1 Å². The van der Waals surface area contributed by atoms with Crippen LogP contribution in [0.2, 0.25) is 0 Å². The third-order valence-electron chi connectivity index (χ3n) is 2.78. The maximum absolute atomic E-state index is 12.6. The highest BCUT2D eigenvalue weighted by Gasteiger charge is 2.36. The van der Waals surface area contributed by atoms with Crippen molar-refractivity contribution < 1.29 is 18.1 Å². The van der Waals surface area contributed by atoms with Gasteiger partial charge in [-0.25, -0.2) is 14.8 Å². The summed E-state index contributed by atoms with van der Waals surface area (Å²) in [5.41, 5.74) is -0.0868. The first-order chi connectivity index (χ1) is 10.9. The quantitative estimate of drug-likeness (QED) is 0.568. The van der Waals surface area contributed by atoms with Crippen molar-refractivity contribution in [2.24, 2.45) is 0 Å². The van der Waals surface area contributed by atoms with Crippen molar-refractivity contribution in [2.75, 3.05) is 0 Å². The van der Waals surface area contributed by atoms with Gasteiger partial charge in [0.25, 0.3) is 11.5 Å². The zero-order valence-electron chi connectivity index (χ0n) is 10.9. The van der Waals surface area contributed by atoms with Gasteiger partial charge in [-0.2, -0.15) is 13.2 Å². The van der Waals surface area contributed by atoms with Crippen LogP contribution >= 0.6 is 0 Å². The Morgan fingerprint density at radius 1 is 1.30 bits per heavy atom. The number of aromatic amines is 1. The molecular weight excluding hydrogens is 321 g/mol. The van der Waals surface area contributed by atoms with Crippen molar-refractivity contribution in [3.8, 4) is 17.1 Å². The summed E-state index contributed by atoms with van der Waals surface area (Å²) in [6, 6.07) is 3.47. The summed E-state index contributed by atoms with van der Waals surface area (Å²) in [5.74, 6) is -1.30. The molecule has 1 N–H and O–H groups in total. The number of alkyl halides is 3. The molecule has 10 nitrogen and oxygen atoms in total. The summed E-state index contributed by atoms with van der Waals surface area (Å²) in [4.78, 5) is 13.4. The summed E-state index contributed by atoms with van der Waals surface area (Å²) in [7, 11) is 0. The molecule has 2 heterocycles. The Bertz CT molecular complexity index is 857. The van der Waals surface area contributed by atoms with Crippen molar-refractivity contribution in [2.45, 2.75) is 6.18 Å². The van der Waals surface area contributed by atoms with Crippen LogP contribution in [0.15, 0.2) is 24.5 Å². The Labute approximate surface area is 124 Å². The number of hydrogen-bond acceptors (Lipinski definition) is 7. The number of halogens is 3. The molecule has 13 heteroatoms. The van der Waals surface area contributed by atoms with Crippen molar-refractivity contribution >= 4 is 5.69 Å². The van der Waals surface area contributed by atoms with Gasteiger partial charge in [-0.1, -0.05) is 0 Å². The van der Waals surface area contributed by atoms with Crippen molar-refractivity contribution in [1.82, 2.24) is 35.4 Å². The van der Waals surface area contributed by atoms with Crippen LogP contribution in [0.4, 0.5) is 18.9 Å². The standard InChI is InChI=1S/C10H5F3N8O2/c11-10(12,13)9-14-4-20(17-9)7-2-1-5(21(22)23)3-6(7)8-15-18-19-16-8/h1-4H,(H,15,16,18,19). The Kier molecular flexibility index (Phi) is 3.24. The number of benzene rings is 1. The number of nitro benzene ring substituents is 1. The number of rotatable bonds is 3. The smallest absolute Gasteiger partial charge is 0.258 e. The molecular formula is C10H5F3N8O2. The molecule has 0 aliphatic heterocycles. The lowest BCUT2D eigenvalue weighted by Gasteiger charge is -2.06. The average Bonchev–Trinajstić information content (AvgIpc) is 3.17. The molecule has 2 aromatic heterocycles. The second-order valence-electron chi connectivity index (χ2n) is 4.22. The first-order valence-electron chi connectivity index (χ1n) is 5.88. The first kappa shape index (κ1) is 14.6. The second kappa shape index (κ2) is 5.11. The molecule has 0 atom stereocenters. The third kappa shape index (κ3) is 2.70. The first-order valence-corrected chi connectivity index (χ1v) is 5.88. The number of non-ortho nitro benzene ring substituents is 1. The lowest BCUT2D eigenvalue weighted by atomic mass is 10.1. The lowest BCUT2D eigenvalue weighted by Crippen LogP contribution is -2.09. The van der Waals surface area contributed by atoms with Crippen molar-refractivity contribution in [3.63, 3.8) is 0 Å². The van der Waals surface area contributed by atoms with Gasteiger partial charge in [0, 0.05) is 12.1 Å². The van der Waals surface area contributed by atoms with Gasteiger partial charge in [-0.05, 0) is 16.5 Å². The predicted octanol–water partition coefficient (Wildman–Crippen LogP) is 1.37. The Balaban J connectivity index is 2.15. The van der Waals surface area contributed by atoms with Gasteiger partial charge in [-0.15, -0.1) is 10.2 Å². The van der Waals surface area contributed by atoms with E-state index in [-0.39, 0.29) is 22.8 Å². The Hall–Kier alpha value is -3.38. The number of aromatic nitrogens is 7. The largest absolute Gasteiger partial charge is 0.453 e. The molecule has 3 rings (SSSR count). The molecule has 118 valence electrons. The van der Waals surface area contributed by atoms with Crippen LogP contribution in [0, 0.1) is 10.1 Å². The van der Waals surface area contributed by atoms with Crippen LogP contribution in [0.3, 0.4) is 0 Å². The minimum Gasteiger partial charge on any atom is -0.258 e. The molecule has 0 aliphatic carbocycles. The van der Waals surface area contributed by atoms with Crippen LogP contribution in [0.1, 0.15) is 5.82 Å². The van der Waals surface area contributed by atoms with Crippen molar-refractivity contribution in [3.05, 3.63) is 40.5 Å². The fourth-order valence-electron chi connectivity index (χ4n) is 1.81. The van der Waals surface area contributed by atoms with Crippen LogP contribution in [0.5, 0.6) is 0 Å². The molecule has 0 saturated heterocycles. The van der Waals surface area contributed by atoms with E-state index in [1.54, 1.807) is 0 Å². The minimum atomic E-state index is -4.71. The SMILES string of the molecule is O=[N+]([O-])c1ccc(-n2cnc(C(F)(F)F)n2)c(-c2nnn[nH]2)c1. The normalized spacial score (nSPS) is 11.6. The summed E-state index contributed by atoms with van der Waals surface area (Å²) in [6.45, 7) is 0. The molecule has 23 heavy (non-hydrogen) atoms. The number of nitrogens with one attached hydrogen (secondary N) is 1. The number of H-pyrrole nitrogens is 1. The zero-order valence-corrected chi connectivity index (χ0v) is 10.9. The van der Waals surface area contributed by atoms with Crippen LogP contribution < -0.4 is 0 Å². The van der Waals surface area contributed by atoms with E-state index in [0.29, 0.717) is 0 Å². The number of nitro groups is 1. The highest BCUT2D eigenvalue weighted by atomic mass is 19.4. The highest BCUT2D eigenvalue weighted by Crippen LogP contribution is 2.30. The minimum absolute atomic E-state index is 0.0350. The fourth-order valence-corrected chi connectivity index (χ4v) is 1.81. The molecule has 0 unspecified atom stereocenters. The van der Waals surface area contributed by atoms with Gasteiger partial charge >= 0.3 is 6.18 Å². The summed E-state index contributed by atoms with van der Waals surface area (Å²) >= 11 is 0. The summed E-state index contributed by atoms with van der Waals surface area (Å²) < 4.78 is 38.6. The Morgan fingerprint density at radius 2 is 2.09 bits per heavy atom. The predicted molar refractivity (Wildman–Crippen MR) is 66.2 cm³/mol. The zero-order chi connectivity index (χ0) is 16.6. The molecule has 0 bridgehead atoms. The third-order valence-corrected chi connectivity index (χ3v) is 2.78. The average molecular weight is 326 g/mol. The van der Waals surface area contributed by atoms with Gasteiger partial charge in [0.1, 0.15) is 6.33 Å². The van der Waals surface area contributed by atoms with E-state index in [1.165, 1.54) is 6.07 Å². The number of tetrazole rings is 1. The van der Waals surface area contributed by atoms with Gasteiger partial charge < -0.3 is 0 Å². The maximum Gasteiger partial charge on any atom is 0.453 e. The maximum atomic E-state index is 12.6. The van der Waals surface area contributed by atoms with E-state index in [1.807, 2.05) is 0 Å². The van der Waals surface area contributed by atoms with E-state index >= 15 is 0 Å². The van der Waals surface area contributed by atoms with Crippen molar-refractivity contribution in [1.29, 1.82) is 0 Å². The van der Waals surface area contributed by atoms with Crippen LogP contribution in [0.25, 0.3) is 17.1 Å². The number of hydrogen-bond donors (Lipinski definition) is 1. The van der Waals surface area contributed by atoms with E-state index in [9.17, 15) is 23.3 Å². The number of nitrogens with zero attached hydrogens (tertiary/aromatic N) is 7. The van der Waals surface area contributed by atoms with Crippen LogP contribution in [-0.2, 0) is 6.18 Å². The lowest BCUT2D eigenvalue weighted by molar-refractivity contribution is -0.384.